The Kier molecular flexibility index (Phi) is 3.84. The fraction of sp³-hybridized carbons (Fsp3) is 0.0870. The van der Waals surface area contributed by atoms with E-state index in [9.17, 15) is 0 Å². The lowest BCUT2D eigenvalue weighted by atomic mass is 9.97. The Labute approximate surface area is 142 Å². The van der Waals surface area contributed by atoms with E-state index in [0.717, 1.165) is 23.2 Å². The number of rotatable bonds is 3. The first-order valence-corrected chi connectivity index (χ1v) is 8.29. The minimum Gasteiger partial charge on any atom is -0.248 e. The SMILES string of the molecule is Cc1ccc2nc(-c3ccccc3)cc(Cc3ccccc3)c2c1. The van der Waals surface area contributed by atoms with Gasteiger partial charge in [-0.3, -0.25) is 0 Å². The van der Waals surface area contributed by atoms with Gasteiger partial charge >= 0.3 is 0 Å². The highest BCUT2D eigenvalue weighted by Crippen LogP contribution is 2.27. The number of hydrogen-bond donors (Lipinski definition) is 0. The lowest BCUT2D eigenvalue weighted by Gasteiger charge is -2.11. The van der Waals surface area contributed by atoms with Crippen molar-refractivity contribution in [2.75, 3.05) is 0 Å². The molecular formula is C23H19N. The van der Waals surface area contributed by atoms with Crippen molar-refractivity contribution in [3.8, 4) is 11.3 Å². The molecule has 0 radical (unpaired) electrons. The van der Waals surface area contributed by atoms with Crippen LogP contribution in [0.1, 0.15) is 16.7 Å². The molecule has 1 heteroatoms. The molecule has 0 N–H and O–H groups in total. The Bertz CT molecular complexity index is 973. The van der Waals surface area contributed by atoms with Crippen LogP contribution < -0.4 is 0 Å². The third-order valence-corrected chi connectivity index (χ3v) is 4.36. The van der Waals surface area contributed by atoms with Crippen LogP contribution >= 0.6 is 0 Å². The van der Waals surface area contributed by atoms with E-state index in [0.29, 0.717) is 0 Å². The molecule has 116 valence electrons. The van der Waals surface area contributed by atoms with Crippen LogP contribution in [0, 0.1) is 6.92 Å². The van der Waals surface area contributed by atoms with Gasteiger partial charge in [-0.25, -0.2) is 4.98 Å². The minimum atomic E-state index is 0.920. The third kappa shape index (κ3) is 2.93. The van der Waals surface area contributed by atoms with Gasteiger partial charge in [-0.05, 0) is 42.7 Å². The number of aromatic nitrogens is 1. The van der Waals surface area contributed by atoms with Gasteiger partial charge in [0.05, 0.1) is 11.2 Å². The van der Waals surface area contributed by atoms with Crippen LogP contribution in [0.2, 0.25) is 0 Å². The lowest BCUT2D eigenvalue weighted by Crippen LogP contribution is -1.95. The van der Waals surface area contributed by atoms with Crippen molar-refractivity contribution in [2.45, 2.75) is 13.3 Å². The van der Waals surface area contributed by atoms with Gasteiger partial charge < -0.3 is 0 Å². The summed E-state index contributed by atoms with van der Waals surface area (Å²) in [4.78, 5) is 4.89. The van der Waals surface area contributed by atoms with Crippen LogP contribution in [0.5, 0.6) is 0 Å². The van der Waals surface area contributed by atoms with Crippen molar-refractivity contribution in [2.24, 2.45) is 0 Å². The summed E-state index contributed by atoms with van der Waals surface area (Å²) in [5.74, 6) is 0. The van der Waals surface area contributed by atoms with Gasteiger partial charge in [0.1, 0.15) is 0 Å². The monoisotopic (exact) mass is 309 g/mol. The van der Waals surface area contributed by atoms with Gasteiger partial charge in [-0.15, -0.1) is 0 Å². The van der Waals surface area contributed by atoms with E-state index in [1.165, 1.54) is 22.1 Å². The van der Waals surface area contributed by atoms with Crippen LogP contribution in [0.3, 0.4) is 0 Å². The van der Waals surface area contributed by atoms with Gasteiger partial charge in [0.2, 0.25) is 0 Å². The summed E-state index contributed by atoms with van der Waals surface area (Å²) in [6.45, 7) is 2.14. The fourth-order valence-electron chi connectivity index (χ4n) is 3.13. The molecule has 4 aromatic rings. The van der Waals surface area contributed by atoms with Crippen molar-refractivity contribution < 1.29 is 0 Å². The first kappa shape index (κ1) is 14.6. The van der Waals surface area contributed by atoms with Crippen LogP contribution in [0.4, 0.5) is 0 Å². The number of hydrogen-bond acceptors (Lipinski definition) is 1. The number of pyridine rings is 1. The number of fused-ring (bicyclic) bond motifs is 1. The molecule has 4 rings (SSSR count). The van der Waals surface area contributed by atoms with E-state index < -0.39 is 0 Å². The first-order valence-electron chi connectivity index (χ1n) is 8.29. The van der Waals surface area contributed by atoms with Crippen LogP contribution in [-0.4, -0.2) is 4.98 Å². The summed E-state index contributed by atoms with van der Waals surface area (Å²) < 4.78 is 0. The summed E-state index contributed by atoms with van der Waals surface area (Å²) in [7, 11) is 0. The van der Waals surface area contributed by atoms with Crippen LogP contribution in [0.25, 0.3) is 22.2 Å². The van der Waals surface area contributed by atoms with Crippen molar-refractivity contribution >= 4 is 10.9 Å². The highest BCUT2D eigenvalue weighted by molar-refractivity contribution is 5.86. The molecule has 0 fully saturated rings. The Morgan fingerprint density at radius 3 is 2.21 bits per heavy atom. The highest BCUT2D eigenvalue weighted by Gasteiger charge is 2.08. The van der Waals surface area contributed by atoms with Crippen molar-refractivity contribution in [1.29, 1.82) is 0 Å². The predicted octanol–water partition coefficient (Wildman–Crippen LogP) is 5.80. The summed E-state index contributed by atoms with van der Waals surface area (Å²) in [6, 6.07) is 29.8. The van der Waals surface area contributed by atoms with Gasteiger partial charge in [0.15, 0.2) is 0 Å². The molecule has 0 bridgehead atoms. The Balaban J connectivity index is 1.90. The maximum Gasteiger partial charge on any atom is 0.0712 e. The predicted molar refractivity (Wildman–Crippen MR) is 101 cm³/mol. The van der Waals surface area contributed by atoms with E-state index in [1.54, 1.807) is 0 Å². The molecule has 0 unspecified atom stereocenters. The second-order valence-electron chi connectivity index (χ2n) is 6.22. The smallest absolute Gasteiger partial charge is 0.0712 e. The standard InChI is InChI=1S/C23H19N/c1-17-12-13-22-21(14-17)20(15-18-8-4-2-5-9-18)16-23(24-22)19-10-6-3-7-11-19/h2-14,16H,15H2,1H3. The molecule has 3 aromatic carbocycles. The zero-order valence-corrected chi connectivity index (χ0v) is 13.7. The van der Waals surface area contributed by atoms with Crippen molar-refractivity contribution in [3.05, 3.63) is 102 Å². The molecule has 1 nitrogen and oxygen atoms in total. The Morgan fingerprint density at radius 1 is 0.750 bits per heavy atom. The molecule has 0 spiro atoms. The molecule has 1 heterocycles. The quantitative estimate of drug-likeness (QED) is 0.466. The van der Waals surface area contributed by atoms with Gasteiger partial charge in [-0.1, -0.05) is 72.3 Å². The number of benzene rings is 3. The minimum absolute atomic E-state index is 0.920. The van der Waals surface area contributed by atoms with Crippen molar-refractivity contribution in [3.63, 3.8) is 0 Å². The molecule has 0 saturated carbocycles. The Hall–Kier alpha value is -2.93. The molecular weight excluding hydrogens is 290 g/mol. The Morgan fingerprint density at radius 2 is 1.46 bits per heavy atom. The largest absolute Gasteiger partial charge is 0.248 e. The summed E-state index contributed by atoms with van der Waals surface area (Å²) in [6.07, 6.45) is 0.920. The zero-order chi connectivity index (χ0) is 16.4. The van der Waals surface area contributed by atoms with Crippen LogP contribution in [0.15, 0.2) is 84.9 Å². The maximum atomic E-state index is 4.89. The molecule has 0 saturated heterocycles. The molecule has 0 aliphatic heterocycles. The summed E-state index contributed by atoms with van der Waals surface area (Å²) >= 11 is 0. The highest BCUT2D eigenvalue weighted by atomic mass is 14.7. The average molecular weight is 309 g/mol. The van der Waals surface area contributed by atoms with E-state index in [-0.39, 0.29) is 0 Å². The van der Waals surface area contributed by atoms with Gasteiger partial charge in [-0.2, -0.15) is 0 Å². The van der Waals surface area contributed by atoms with Gasteiger partial charge in [0.25, 0.3) is 0 Å². The second kappa shape index (κ2) is 6.29. The fourth-order valence-corrected chi connectivity index (χ4v) is 3.13. The molecule has 24 heavy (non-hydrogen) atoms. The van der Waals surface area contributed by atoms with E-state index in [1.807, 2.05) is 6.07 Å². The summed E-state index contributed by atoms with van der Waals surface area (Å²) in [5.41, 5.74) is 7.19. The molecule has 1 aromatic heterocycles. The number of aryl methyl sites for hydroxylation is 1. The van der Waals surface area contributed by atoms with Gasteiger partial charge in [0, 0.05) is 10.9 Å². The van der Waals surface area contributed by atoms with E-state index in [4.69, 9.17) is 4.98 Å². The zero-order valence-electron chi connectivity index (χ0n) is 13.7. The second-order valence-corrected chi connectivity index (χ2v) is 6.22. The molecule has 0 atom stereocenters. The third-order valence-electron chi connectivity index (χ3n) is 4.36. The average Bonchev–Trinajstić information content (AvgIpc) is 2.63. The topological polar surface area (TPSA) is 12.9 Å². The van der Waals surface area contributed by atoms with E-state index >= 15 is 0 Å². The lowest BCUT2D eigenvalue weighted by molar-refractivity contribution is 1.20. The molecule has 0 amide bonds. The van der Waals surface area contributed by atoms with Crippen LogP contribution in [-0.2, 0) is 6.42 Å². The van der Waals surface area contributed by atoms with Crippen molar-refractivity contribution in [1.82, 2.24) is 4.98 Å². The van der Waals surface area contributed by atoms with E-state index in [2.05, 4.69) is 85.8 Å². The molecule has 0 aliphatic rings. The molecule has 0 aliphatic carbocycles. The number of nitrogens with zero attached hydrogens (tertiary/aromatic N) is 1. The first-order chi connectivity index (χ1) is 11.8. The maximum absolute atomic E-state index is 4.89. The summed E-state index contributed by atoms with van der Waals surface area (Å²) in [5, 5.41) is 1.25. The normalized spacial score (nSPS) is 10.9.